The second-order valence-corrected chi connectivity index (χ2v) is 5.54. The summed E-state index contributed by atoms with van der Waals surface area (Å²) in [5.41, 5.74) is -0.759. The third-order valence-electron chi connectivity index (χ3n) is 3.28. The van der Waals surface area contributed by atoms with Crippen LogP contribution >= 0.6 is 15.9 Å². The monoisotopic (exact) mass is 329 g/mol. The number of nitrogens with one attached hydrogen (secondary N) is 1. The number of amides is 1. The molecule has 1 aliphatic carbocycles. The summed E-state index contributed by atoms with van der Waals surface area (Å²) in [6, 6.07) is 4.59. The fourth-order valence-corrected chi connectivity index (χ4v) is 2.29. The highest BCUT2D eigenvalue weighted by atomic mass is 79.9. The highest BCUT2D eigenvalue weighted by Crippen LogP contribution is 2.46. The average molecular weight is 330 g/mol. The van der Waals surface area contributed by atoms with Gasteiger partial charge in [0.1, 0.15) is 11.2 Å². The van der Waals surface area contributed by atoms with E-state index in [0.29, 0.717) is 24.8 Å². The van der Waals surface area contributed by atoms with Crippen molar-refractivity contribution in [2.75, 3.05) is 6.54 Å². The molecule has 0 spiro atoms. The summed E-state index contributed by atoms with van der Waals surface area (Å²) in [5.74, 6) is -1.90. The van der Waals surface area contributed by atoms with Gasteiger partial charge in [-0.3, -0.25) is 9.59 Å². The lowest BCUT2D eigenvalue weighted by Crippen LogP contribution is -2.38. The van der Waals surface area contributed by atoms with E-state index in [1.54, 1.807) is 12.1 Å². The van der Waals surface area contributed by atoms with Gasteiger partial charge in [-0.25, -0.2) is 4.39 Å². The van der Waals surface area contributed by atoms with Crippen molar-refractivity contribution in [3.63, 3.8) is 0 Å². The first-order chi connectivity index (χ1) is 8.95. The molecule has 0 aliphatic heterocycles. The van der Waals surface area contributed by atoms with E-state index in [2.05, 4.69) is 21.2 Å². The van der Waals surface area contributed by atoms with E-state index < -0.39 is 17.3 Å². The molecule has 1 amide bonds. The number of aliphatic carboxylic acids is 1. The molecule has 1 aromatic rings. The summed E-state index contributed by atoms with van der Waals surface area (Å²) >= 11 is 3.25. The van der Waals surface area contributed by atoms with Crippen molar-refractivity contribution in [2.45, 2.75) is 19.3 Å². The van der Waals surface area contributed by atoms with Gasteiger partial charge in [0.15, 0.2) is 0 Å². The number of rotatable bonds is 5. The van der Waals surface area contributed by atoms with Crippen LogP contribution in [0.2, 0.25) is 0 Å². The summed E-state index contributed by atoms with van der Waals surface area (Å²) in [6.07, 6.45) is 1.07. The standard InChI is InChI=1S/C13H13BrFNO3/c14-9-1-2-10(15)8(7-9)3-6-16-11(17)13(4-5-13)12(18)19/h1-2,7H,3-6H2,(H,16,17)(H,18,19). The molecule has 2 N–H and O–H groups in total. The lowest BCUT2D eigenvalue weighted by molar-refractivity contribution is -0.149. The molecule has 1 fully saturated rings. The number of carbonyl (C=O) groups excluding carboxylic acids is 1. The Morgan fingerprint density at radius 3 is 2.68 bits per heavy atom. The van der Waals surface area contributed by atoms with Crippen molar-refractivity contribution >= 4 is 27.8 Å². The lowest BCUT2D eigenvalue weighted by atomic mass is 10.1. The molecule has 102 valence electrons. The maximum Gasteiger partial charge on any atom is 0.319 e. The average Bonchev–Trinajstić information content (AvgIpc) is 3.14. The van der Waals surface area contributed by atoms with Crippen LogP contribution in [-0.2, 0) is 16.0 Å². The van der Waals surface area contributed by atoms with Crippen molar-refractivity contribution in [2.24, 2.45) is 5.41 Å². The molecule has 1 saturated carbocycles. The van der Waals surface area contributed by atoms with Gasteiger partial charge in [0.25, 0.3) is 0 Å². The number of hydrogen-bond acceptors (Lipinski definition) is 2. The highest BCUT2D eigenvalue weighted by Gasteiger charge is 2.56. The zero-order valence-electron chi connectivity index (χ0n) is 10.1. The fourth-order valence-electron chi connectivity index (χ4n) is 1.88. The Morgan fingerprint density at radius 1 is 1.42 bits per heavy atom. The number of carboxylic acid groups (broad SMARTS) is 1. The van der Waals surface area contributed by atoms with E-state index >= 15 is 0 Å². The number of hydrogen-bond donors (Lipinski definition) is 2. The molecular weight excluding hydrogens is 317 g/mol. The SMILES string of the molecule is O=C(O)C1(C(=O)NCCc2cc(Br)ccc2F)CC1. The van der Waals surface area contributed by atoms with Gasteiger partial charge in [-0.1, -0.05) is 15.9 Å². The van der Waals surface area contributed by atoms with Crippen molar-refractivity contribution in [1.82, 2.24) is 5.32 Å². The minimum Gasteiger partial charge on any atom is -0.480 e. The smallest absolute Gasteiger partial charge is 0.319 e. The summed E-state index contributed by atoms with van der Waals surface area (Å²) in [4.78, 5) is 22.6. The van der Waals surface area contributed by atoms with Crippen LogP contribution in [0.3, 0.4) is 0 Å². The quantitative estimate of drug-likeness (QED) is 0.813. The van der Waals surface area contributed by atoms with E-state index in [1.165, 1.54) is 6.07 Å². The van der Waals surface area contributed by atoms with E-state index in [0.717, 1.165) is 4.47 Å². The Balaban J connectivity index is 1.89. The van der Waals surface area contributed by atoms with Crippen LogP contribution in [0.5, 0.6) is 0 Å². The highest BCUT2D eigenvalue weighted by molar-refractivity contribution is 9.10. The third kappa shape index (κ3) is 2.94. The largest absolute Gasteiger partial charge is 0.480 e. The van der Waals surface area contributed by atoms with Gasteiger partial charge in [-0.2, -0.15) is 0 Å². The Kier molecular flexibility index (Phi) is 3.89. The molecule has 6 heteroatoms. The number of carboxylic acids is 1. The van der Waals surface area contributed by atoms with Crippen molar-refractivity contribution in [3.05, 3.63) is 34.1 Å². The summed E-state index contributed by atoms with van der Waals surface area (Å²) < 4.78 is 14.2. The summed E-state index contributed by atoms with van der Waals surface area (Å²) in [5, 5.41) is 11.5. The van der Waals surface area contributed by atoms with Gasteiger partial charge >= 0.3 is 5.97 Å². The Bertz CT molecular complexity index is 529. The zero-order chi connectivity index (χ0) is 14.0. The first-order valence-corrected chi connectivity index (χ1v) is 6.71. The molecule has 2 rings (SSSR count). The minimum atomic E-state index is -1.24. The number of benzene rings is 1. The van der Waals surface area contributed by atoms with Crippen molar-refractivity contribution < 1.29 is 19.1 Å². The normalized spacial score (nSPS) is 15.9. The summed E-state index contributed by atoms with van der Waals surface area (Å²) in [6.45, 7) is 0.223. The van der Waals surface area contributed by atoms with Gasteiger partial charge in [0.05, 0.1) is 0 Å². The van der Waals surface area contributed by atoms with Crippen LogP contribution in [0.4, 0.5) is 4.39 Å². The van der Waals surface area contributed by atoms with Gasteiger partial charge in [-0.05, 0) is 43.0 Å². The number of halogens is 2. The molecule has 1 aliphatic rings. The fraction of sp³-hybridized carbons (Fsp3) is 0.385. The Morgan fingerprint density at radius 2 is 2.11 bits per heavy atom. The van der Waals surface area contributed by atoms with Gasteiger partial charge < -0.3 is 10.4 Å². The van der Waals surface area contributed by atoms with Crippen molar-refractivity contribution in [1.29, 1.82) is 0 Å². The molecule has 4 nitrogen and oxygen atoms in total. The van der Waals surface area contributed by atoms with Crippen LogP contribution in [-0.4, -0.2) is 23.5 Å². The first-order valence-electron chi connectivity index (χ1n) is 5.91. The minimum absolute atomic E-state index is 0.223. The van der Waals surface area contributed by atoms with Crippen LogP contribution in [0.15, 0.2) is 22.7 Å². The van der Waals surface area contributed by atoms with Crippen LogP contribution in [0.1, 0.15) is 18.4 Å². The third-order valence-corrected chi connectivity index (χ3v) is 3.77. The van der Waals surface area contributed by atoms with Crippen LogP contribution in [0, 0.1) is 11.2 Å². The van der Waals surface area contributed by atoms with Crippen LogP contribution < -0.4 is 5.32 Å². The first kappa shape index (κ1) is 14.0. The predicted octanol–water partition coefficient (Wildman–Crippen LogP) is 2.11. The van der Waals surface area contributed by atoms with Crippen LogP contribution in [0.25, 0.3) is 0 Å². The molecule has 1 aromatic carbocycles. The molecule has 19 heavy (non-hydrogen) atoms. The topological polar surface area (TPSA) is 66.4 Å². The predicted molar refractivity (Wildman–Crippen MR) is 70.1 cm³/mol. The molecule has 0 aromatic heterocycles. The molecule has 0 radical (unpaired) electrons. The Labute approximate surface area is 118 Å². The van der Waals surface area contributed by atoms with Gasteiger partial charge in [0, 0.05) is 11.0 Å². The molecule has 0 atom stereocenters. The van der Waals surface area contributed by atoms with Crippen molar-refractivity contribution in [3.8, 4) is 0 Å². The van der Waals surface area contributed by atoms with Gasteiger partial charge in [0.2, 0.25) is 5.91 Å². The lowest BCUT2D eigenvalue weighted by Gasteiger charge is -2.11. The van der Waals surface area contributed by atoms with Gasteiger partial charge in [-0.15, -0.1) is 0 Å². The second kappa shape index (κ2) is 5.28. The molecular formula is C13H13BrFNO3. The Hall–Kier alpha value is -1.43. The van der Waals surface area contributed by atoms with E-state index in [9.17, 15) is 14.0 Å². The molecule has 0 saturated heterocycles. The maximum atomic E-state index is 13.4. The molecule has 0 unspecified atom stereocenters. The van der Waals surface area contributed by atoms with E-state index in [1.807, 2.05) is 0 Å². The second-order valence-electron chi connectivity index (χ2n) is 4.63. The number of carbonyl (C=O) groups is 2. The van der Waals surface area contributed by atoms with E-state index in [-0.39, 0.29) is 12.4 Å². The van der Waals surface area contributed by atoms with E-state index in [4.69, 9.17) is 5.11 Å². The maximum absolute atomic E-state index is 13.4. The molecule has 0 heterocycles. The summed E-state index contributed by atoms with van der Waals surface area (Å²) in [7, 11) is 0. The molecule has 0 bridgehead atoms. The zero-order valence-corrected chi connectivity index (χ0v) is 11.7.